The fourth-order valence-corrected chi connectivity index (χ4v) is 2.71. The van der Waals surface area contributed by atoms with E-state index in [0.717, 1.165) is 24.6 Å². The van der Waals surface area contributed by atoms with E-state index in [-0.39, 0.29) is 5.41 Å². The lowest BCUT2D eigenvalue weighted by Crippen LogP contribution is -2.20. The van der Waals surface area contributed by atoms with Gasteiger partial charge in [0, 0.05) is 30.1 Å². The van der Waals surface area contributed by atoms with Crippen molar-refractivity contribution >= 4 is 11.3 Å². The summed E-state index contributed by atoms with van der Waals surface area (Å²) < 4.78 is 1.96. The zero-order chi connectivity index (χ0) is 13.9. The molecule has 4 nitrogen and oxygen atoms in total. The third kappa shape index (κ3) is 4.14. The van der Waals surface area contributed by atoms with E-state index in [0.29, 0.717) is 0 Å². The molecule has 0 unspecified atom stereocenters. The Morgan fingerprint density at radius 2 is 2.16 bits per heavy atom. The zero-order valence-electron chi connectivity index (χ0n) is 12.1. The molecule has 2 heterocycles. The van der Waals surface area contributed by atoms with Gasteiger partial charge in [0.2, 0.25) is 0 Å². The minimum absolute atomic E-state index is 0.140. The maximum atomic E-state index is 4.66. The summed E-state index contributed by atoms with van der Waals surface area (Å²) in [6.07, 6.45) is 3.94. The van der Waals surface area contributed by atoms with Crippen molar-refractivity contribution in [2.75, 3.05) is 6.54 Å². The van der Waals surface area contributed by atoms with Crippen LogP contribution in [0.1, 0.15) is 37.0 Å². The minimum Gasteiger partial charge on any atom is -0.309 e. The molecular formula is C14H22N4S. The van der Waals surface area contributed by atoms with Crippen molar-refractivity contribution < 1.29 is 0 Å². The van der Waals surface area contributed by atoms with Gasteiger partial charge in [0.1, 0.15) is 5.01 Å². The van der Waals surface area contributed by atoms with E-state index >= 15 is 0 Å². The molecule has 0 aromatic carbocycles. The van der Waals surface area contributed by atoms with Crippen molar-refractivity contribution in [1.82, 2.24) is 20.1 Å². The molecule has 5 heteroatoms. The molecule has 0 spiro atoms. The van der Waals surface area contributed by atoms with Gasteiger partial charge in [-0.1, -0.05) is 20.8 Å². The fourth-order valence-electron chi connectivity index (χ4n) is 1.71. The maximum absolute atomic E-state index is 4.66. The summed E-state index contributed by atoms with van der Waals surface area (Å²) in [5.41, 5.74) is 2.52. The Morgan fingerprint density at radius 1 is 1.37 bits per heavy atom. The number of aromatic nitrogens is 3. The summed E-state index contributed by atoms with van der Waals surface area (Å²) in [4.78, 5) is 4.66. The van der Waals surface area contributed by atoms with Crippen molar-refractivity contribution in [3.05, 3.63) is 34.0 Å². The Balaban J connectivity index is 1.75. The zero-order valence-corrected chi connectivity index (χ0v) is 12.9. The van der Waals surface area contributed by atoms with Gasteiger partial charge in [0.05, 0.1) is 18.4 Å². The van der Waals surface area contributed by atoms with Gasteiger partial charge in [-0.3, -0.25) is 4.68 Å². The summed E-state index contributed by atoms with van der Waals surface area (Å²) >= 11 is 1.73. The third-order valence-electron chi connectivity index (χ3n) is 2.88. The second-order valence-electron chi connectivity index (χ2n) is 5.83. The van der Waals surface area contributed by atoms with Crippen molar-refractivity contribution in [1.29, 1.82) is 0 Å². The maximum Gasteiger partial charge on any atom is 0.107 e. The molecule has 2 aromatic heterocycles. The first-order valence-corrected chi connectivity index (χ1v) is 7.48. The summed E-state index contributed by atoms with van der Waals surface area (Å²) in [6, 6.07) is 0. The second kappa shape index (κ2) is 5.84. The molecule has 0 saturated carbocycles. The predicted molar refractivity (Wildman–Crippen MR) is 79.5 cm³/mol. The largest absolute Gasteiger partial charge is 0.309 e. The van der Waals surface area contributed by atoms with Gasteiger partial charge in [0.15, 0.2) is 0 Å². The van der Waals surface area contributed by atoms with Crippen LogP contribution in [0.2, 0.25) is 0 Å². The van der Waals surface area contributed by atoms with Crippen LogP contribution in [0.3, 0.4) is 0 Å². The van der Waals surface area contributed by atoms with E-state index in [2.05, 4.69) is 54.7 Å². The predicted octanol–water partition coefficient (Wildman–Crippen LogP) is 2.74. The molecule has 0 bridgehead atoms. The molecular weight excluding hydrogens is 256 g/mol. The van der Waals surface area contributed by atoms with E-state index in [1.54, 1.807) is 11.3 Å². The van der Waals surface area contributed by atoms with Crippen molar-refractivity contribution in [2.45, 2.75) is 46.2 Å². The highest BCUT2D eigenvalue weighted by molar-refractivity contribution is 7.09. The van der Waals surface area contributed by atoms with E-state index in [4.69, 9.17) is 0 Å². The monoisotopic (exact) mass is 278 g/mol. The van der Waals surface area contributed by atoms with Crippen LogP contribution in [0.15, 0.2) is 17.8 Å². The number of thiazole rings is 1. The van der Waals surface area contributed by atoms with Gasteiger partial charge >= 0.3 is 0 Å². The van der Waals surface area contributed by atoms with Crippen LogP contribution >= 0.6 is 11.3 Å². The molecule has 0 aliphatic rings. The van der Waals surface area contributed by atoms with E-state index in [1.807, 2.05) is 10.9 Å². The molecule has 0 atom stereocenters. The van der Waals surface area contributed by atoms with E-state index < -0.39 is 0 Å². The van der Waals surface area contributed by atoms with Crippen LogP contribution in [-0.2, 0) is 18.5 Å². The SMILES string of the molecule is Cc1cnn(CCNCc2nc(C(C)(C)C)cs2)c1. The van der Waals surface area contributed by atoms with Crippen molar-refractivity contribution in [3.63, 3.8) is 0 Å². The lowest BCUT2D eigenvalue weighted by atomic mass is 9.93. The molecule has 2 aromatic rings. The number of hydrogen-bond acceptors (Lipinski definition) is 4. The fraction of sp³-hybridized carbons (Fsp3) is 0.571. The molecule has 104 valence electrons. The normalized spacial score (nSPS) is 12.0. The van der Waals surface area contributed by atoms with Crippen LogP contribution in [-0.4, -0.2) is 21.3 Å². The molecule has 0 saturated heterocycles. The van der Waals surface area contributed by atoms with Gasteiger partial charge in [-0.05, 0) is 12.5 Å². The summed E-state index contributed by atoms with van der Waals surface area (Å²) in [5, 5.41) is 11.0. The lowest BCUT2D eigenvalue weighted by Gasteiger charge is -2.14. The van der Waals surface area contributed by atoms with Crippen LogP contribution < -0.4 is 5.32 Å². The van der Waals surface area contributed by atoms with Gasteiger partial charge in [0.25, 0.3) is 0 Å². The molecule has 0 aliphatic carbocycles. The summed E-state index contributed by atoms with van der Waals surface area (Å²) in [6.45, 7) is 11.3. The first kappa shape index (κ1) is 14.2. The molecule has 19 heavy (non-hydrogen) atoms. The highest BCUT2D eigenvalue weighted by Crippen LogP contribution is 2.23. The molecule has 2 rings (SSSR count). The smallest absolute Gasteiger partial charge is 0.107 e. The molecule has 0 amide bonds. The highest BCUT2D eigenvalue weighted by atomic mass is 32.1. The van der Waals surface area contributed by atoms with E-state index in [1.165, 1.54) is 11.3 Å². The topological polar surface area (TPSA) is 42.7 Å². The molecule has 0 fully saturated rings. The summed E-state index contributed by atoms with van der Waals surface area (Å²) in [7, 11) is 0. The van der Waals surface area contributed by atoms with Crippen molar-refractivity contribution in [2.24, 2.45) is 0 Å². The molecule has 0 radical (unpaired) electrons. The lowest BCUT2D eigenvalue weighted by molar-refractivity contribution is 0.547. The molecule has 0 aliphatic heterocycles. The number of nitrogens with one attached hydrogen (secondary N) is 1. The van der Waals surface area contributed by atoms with Crippen molar-refractivity contribution in [3.8, 4) is 0 Å². The van der Waals surface area contributed by atoms with Gasteiger partial charge in [-0.2, -0.15) is 5.10 Å². The third-order valence-corrected chi connectivity index (χ3v) is 3.73. The average molecular weight is 278 g/mol. The van der Waals surface area contributed by atoms with Crippen LogP contribution in [0, 0.1) is 6.92 Å². The minimum atomic E-state index is 0.140. The van der Waals surface area contributed by atoms with Gasteiger partial charge < -0.3 is 5.32 Å². The van der Waals surface area contributed by atoms with Gasteiger partial charge in [-0.15, -0.1) is 11.3 Å². The Hall–Kier alpha value is -1.20. The second-order valence-corrected chi connectivity index (χ2v) is 6.78. The number of nitrogens with zero attached hydrogens (tertiary/aromatic N) is 3. The Bertz CT molecular complexity index is 522. The van der Waals surface area contributed by atoms with Crippen LogP contribution in [0.4, 0.5) is 0 Å². The highest BCUT2D eigenvalue weighted by Gasteiger charge is 2.16. The molecule has 1 N–H and O–H groups in total. The van der Waals surface area contributed by atoms with Gasteiger partial charge in [-0.25, -0.2) is 4.98 Å². The number of hydrogen-bond donors (Lipinski definition) is 1. The average Bonchev–Trinajstić information content (AvgIpc) is 2.93. The first-order valence-electron chi connectivity index (χ1n) is 6.60. The quantitative estimate of drug-likeness (QED) is 0.855. The Labute approximate surface area is 118 Å². The van der Waals surface area contributed by atoms with Crippen LogP contribution in [0.5, 0.6) is 0 Å². The number of aryl methyl sites for hydroxylation is 1. The first-order chi connectivity index (χ1) is 8.95. The Kier molecular flexibility index (Phi) is 4.37. The van der Waals surface area contributed by atoms with E-state index in [9.17, 15) is 0 Å². The Morgan fingerprint density at radius 3 is 2.74 bits per heavy atom. The summed E-state index contributed by atoms with van der Waals surface area (Å²) in [5.74, 6) is 0. The van der Waals surface area contributed by atoms with Crippen LogP contribution in [0.25, 0.3) is 0 Å². The standard InChI is InChI=1S/C14H22N4S/c1-11-7-16-18(9-11)6-5-15-8-13-17-12(10-19-13)14(2,3)4/h7,9-10,15H,5-6,8H2,1-4H3. The number of rotatable bonds is 5.